The summed E-state index contributed by atoms with van der Waals surface area (Å²) in [6, 6.07) is 3.53. The van der Waals surface area contributed by atoms with Gasteiger partial charge in [0, 0.05) is 11.4 Å². The van der Waals surface area contributed by atoms with E-state index in [1.54, 1.807) is 11.3 Å². The van der Waals surface area contributed by atoms with E-state index in [1.165, 1.54) is 22.7 Å². The summed E-state index contributed by atoms with van der Waals surface area (Å²) in [5, 5.41) is 5.19. The van der Waals surface area contributed by atoms with Crippen molar-refractivity contribution >= 4 is 28.7 Å². The fourth-order valence-electron chi connectivity index (χ4n) is 1.58. The Morgan fingerprint density at radius 2 is 2.33 bits per heavy atom. The number of pyridine rings is 1. The first-order valence-corrected chi connectivity index (χ1v) is 6.28. The summed E-state index contributed by atoms with van der Waals surface area (Å²) in [5.74, 6) is -0.240. The molecule has 0 aliphatic carbocycles. The van der Waals surface area contributed by atoms with E-state index in [1.807, 2.05) is 12.3 Å². The van der Waals surface area contributed by atoms with E-state index in [0.717, 1.165) is 0 Å². The van der Waals surface area contributed by atoms with Crippen LogP contribution in [-0.2, 0) is 6.54 Å². The van der Waals surface area contributed by atoms with Crippen LogP contribution >= 0.6 is 11.3 Å². The lowest BCUT2D eigenvalue weighted by Gasteiger charge is -2.09. The standard InChI is InChI=1S/C12H14N4OS/c1-7-2-3-18-10(7)6-15-9-5-16-11(13)4-8(9)12(14)17/h2-5,15H,6H2,1H3,(H2,13,16)(H2,14,17). The first-order chi connectivity index (χ1) is 8.58. The number of nitrogens with zero attached hydrogens (tertiary/aromatic N) is 1. The third-order valence-corrected chi connectivity index (χ3v) is 3.62. The SMILES string of the molecule is Cc1ccsc1CNc1cnc(N)cc1C(N)=O. The van der Waals surface area contributed by atoms with E-state index in [-0.39, 0.29) is 5.82 Å². The van der Waals surface area contributed by atoms with Gasteiger partial charge in [-0.2, -0.15) is 0 Å². The number of carbonyl (C=O) groups excluding carboxylic acids is 1. The summed E-state index contributed by atoms with van der Waals surface area (Å²) < 4.78 is 0. The van der Waals surface area contributed by atoms with Crippen molar-refractivity contribution in [2.75, 3.05) is 11.1 Å². The van der Waals surface area contributed by atoms with Gasteiger partial charge in [0.2, 0.25) is 0 Å². The summed E-state index contributed by atoms with van der Waals surface area (Å²) in [7, 11) is 0. The molecule has 0 atom stereocenters. The van der Waals surface area contributed by atoms with E-state index in [4.69, 9.17) is 11.5 Å². The van der Waals surface area contributed by atoms with Crippen LogP contribution in [0.5, 0.6) is 0 Å². The van der Waals surface area contributed by atoms with Crippen LogP contribution in [0.2, 0.25) is 0 Å². The third kappa shape index (κ3) is 2.60. The number of amides is 1. The molecule has 0 aromatic carbocycles. The molecule has 2 aromatic heterocycles. The summed E-state index contributed by atoms with van der Waals surface area (Å²) in [6.07, 6.45) is 1.53. The van der Waals surface area contributed by atoms with Gasteiger partial charge in [-0.1, -0.05) is 0 Å². The maximum atomic E-state index is 11.3. The summed E-state index contributed by atoms with van der Waals surface area (Å²) in [4.78, 5) is 16.5. The highest BCUT2D eigenvalue weighted by atomic mass is 32.1. The van der Waals surface area contributed by atoms with Crippen molar-refractivity contribution in [3.05, 3.63) is 39.7 Å². The van der Waals surface area contributed by atoms with Gasteiger partial charge in [0.05, 0.1) is 17.4 Å². The molecule has 0 saturated heterocycles. The zero-order chi connectivity index (χ0) is 13.1. The molecular formula is C12H14N4OS. The molecule has 0 aliphatic rings. The number of carbonyl (C=O) groups is 1. The van der Waals surface area contributed by atoms with Crippen LogP contribution in [-0.4, -0.2) is 10.9 Å². The van der Waals surface area contributed by atoms with E-state index < -0.39 is 5.91 Å². The number of nitrogen functional groups attached to an aromatic ring is 1. The Labute approximate surface area is 109 Å². The molecule has 5 nitrogen and oxygen atoms in total. The number of aryl methyl sites for hydroxylation is 1. The second kappa shape index (κ2) is 5.05. The highest BCUT2D eigenvalue weighted by Gasteiger charge is 2.10. The van der Waals surface area contributed by atoms with Crippen LogP contribution < -0.4 is 16.8 Å². The summed E-state index contributed by atoms with van der Waals surface area (Å²) in [5.41, 5.74) is 13.0. The van der Waals surface area contributed by atoms with Crippen molar-refractivity contribution in [1.82, 2.24) is 4.98 Å². The average Bonchev–Trinajstić information content (AvgIpc) is 2.73. The second-order valence-electron chi connectivity index (χ2n) is 3.90. The van der Waals surface area contributed by atoms with Crippen molar-refractivity contribution < 1.29 is 4.79 Å². The molecule has 0 radical (unpaired) electrons. The van der Waals surface area contributed by atoms with Crippen molar-refractivity contribution in [2.45, 2.75) is 13.5 Å². The topological polar surface area (TPSA) is 94.0 Å². The van der Waals surface area contributed by atoms with Gasteiger partial charge in [-0.25, -0.2) is 4.98 Å². The Kier molecular flexibility index (Phi) is 3.47. The van der Waals surface area contributed by atoms with Gasteiger partial charge >= 0.3 is 0 Å². The van der Waals surface area contributed by atoms with Gasteiger partial charge in [-0.05, 0) is 30.0 Å². The summed E-state index contributed by atoms with van der Waals surface area (Å²) >= 11 is 1.66. The molecular weight excluding hydrogens is 248 g/mol. The summed E-state index contributed by atoms with van der Waals surface area (Å²) in [6.45, 7) is 2.68. The maximum Gasteiger partial charge on any atom is 0.250 e. The van der Waals surface area contributed by atoms with E-state index >= 15 is 0 Å². The van der Waals surface area contributed by atoms with Crippen LogP contribution in [0.15, 0.2) is 23.7 Å². The molecule has 0 aliphatic heterocycles. The Morgan fingerprint density at radius 1 is 1.56 bits per heavy atom. The number of nitrogens with two attached hydrogens (primary N) is 2. The van der Waals surface area contributed by atoms with E-state index in [9.17, 15) is 4.79 Å². The lowest BCUT2D eigenvalue weighted by atomic mass is 10.2. The number of rotatable bonds is 4. The average molecular weight is 262 g/mol. The second-order valence-corrected chi connectivity index (χ2v) is 4.90. The smallest absolute Gasteiger partial charge is 0.250 e. The first-order valence-electron chi connectivity index (χ1n) is 5.40. The number of aromatic nitrogens is 1. The van der Waals surface area contributed by atoms with E-state index in [0.29, 0.717) is 17.8 Å². The number of hydrogen-bond donors (Lipinski definition) is 3. The molecule has 0 saturated carbocycles. The fraction of sp³-hybridized carbons (Fsp3) is 0.167. The van der Waals surface area contributed by atoms with Gasteiger partial charge in [0.25, 0.3) is 5.91 Å². The van der Waals surface area contributed by atoms with Crippen LogP contribution in [0.3, 0.4) is 0 Å². The molecule has 94 valence electrons. The molecule has 1 amide bonds. The first kappa shape index (κ1) is 12.4. The van der Waals surface area contributed by atoms with Gasteiger partial charge in [-0.3, -0.25) is 4.79 Å². The minimum absolute atomic E-state index is 0.279. The van der Waals surface area contributed by atoms with Gasteiger partial charge in [0.15, 0.2) is 0 Å². The lowest BCUT2D eigenvalue weighted by Crippen LogP contribution is -2.15. The molecule has 6 heteroatoms. The number of hydrogen-bond acceptors (Lipinski definition) is 5. The number of nitrogens with one attached hydrogen (secondary N) is 1. The van der Waals surface area contributed by atoms with Crippen LogP contribution in [0.4, 0.5) is 11.5 Å². The highest BCUT2D eigenvalue weighted by molar-refractivity contribution is 7.10. The van der Waals surface area contributed by atoms with Crippen molar-refractivity contribution in [3.63, 3.8) is 0 Å². The lowest BCUT2D eigenvalue weighted by molar-refractivity contribution is 0.100. The Morgan fingerprint density at radius 3 is 2.94 bits per heavy atom. The van der Waals surface area contributed by atoms with Crippen molar-refractivity contribution in [2.24, 2.45) is 5.73 Å². The van der Waals surface area contributed by atoms with Gasteiger partial charge in [0.1, 0.15) is 5.82 Å². The molecule has 0 bridgehead atoms. The maximum absolute atomic E-state index is 11.3. The quantitative estimate of drug-likeness (QED) is 0.782. The monoisotopic (exact) mass is 262 g/mol. The minimum atomic E-state index is -0.519. The zero-order valence-electron chi connectivity index (χ0n) is 9.93. The predicted molar refractivity (Wildman–Crippen MR) is 73.5 cm³/mol. The number of primary amides is 1. The predicted octanol–water partition coefficient (Wildman–Crippen LogP) is 1.74. The van der Waals surface area contributed by atoms with Crippen molar-refractivity contribution in [1.29, 1.82) is 0 Å². The molecule has 0 spiro atoms. The molecule has 0 unspecified atom stereocenters. The van der Waals surface area contributed by atoms with Gasteiger partial charge in [-0.15, -0.1) is 11.3 Å². The Bertz CT molecular complexity index is 579. The molecule has 2 aromatic rings. The molecule has 5 N–H and O–H groups in total. The molecule has 2 heterocycles. The highest BCUT2D eigenvalue weighted by Crippen LogP contribution is 2.20. The van der Waals surface area contributed by atoms with Gasteiger partial charge < -0.3 is 16.8 Å². The van der Waals surface area contributed by atoms with Crippen molar-refractivity contribution in [3.8, 4) is 0 Å². The Hall–Kier alpha value is -2.08. The minimum Gasteiger partial charge on any atom is -0.384 e. The fourth-order valence-corrected chi connectivity index (χ4v) is 2.42. The van der Waals surface area contributed by atoms with Crippen LogP contribution in [0.25, 0.3) is 0 Å². The number of thiophene rings is 1. The normalized spacial score (nSPS) is 10.3. The third-order valence-electron chi connectivity index (χ3n) is 2.60. The zero-order valence-corrected chi connectivity index (χ0v) is 10.8. The van der Waals surface area contributed by atoms with Crippen LogP contribution in [0, 0.1) is 6.92 Å². The van der Waals surface area contributed by atoms with Crippen LogP contribution in [0.1, 0.15) is 20.8 Å². The molecule has 2 rings (SSSR count). The van der Waals surface area contributed by atoms with E-state index in [2.05, 4.69) is 16.4 Å². The number of anilines is 2. The molecule has 18 heavy (non-hydrogen) atoms. The Balaban J connectivity index is 2.19. The largest absolute Gasteiger partial charge is 0.384 e. The molecule has 0 fully saturated rings.